The van der Waals surface area contributed by atoms with Crippen molar-refractivity contribution in [1.82, 2.24) is 5.32 Å². The van der Waals surface area contributed by atoms with Gasteiger partial charge in [0.1, 0.15) is 0 Å². The summed E-state index contributed by atoms with van der Waals surface area (Å²) in [6.07, 6.45) is 4.07. The summed E-state index contributed by atoms with van der Waals surface area (Å²) >= 11 is 6.35. The van der Waals surface area contributed by atoms with E-state index in [4.69, 9.17) is 11.6 Å². The smallest absolute Gasteiger partial charge is 0.310 e. The highest BCUT2D eigenvalue weighted by Crippen LogP contribution is 2.32. The predicted octanol–water partition coefficient (Wildman–Crippen LogP) is 3.55. The van der Waals surface area contributed by atoms with Gasteiger partial charge in [-0.3, -0.25) is 4.79 Å². The fourth-order valence-corrected chi connectivity index (χ4v) is 3.07. The quantitative estimate of drug-likeness (QED) is 0.789. The van der Waals surface area contributed by atoms with Gasteiger partial charge >= 0.3 is 5.97 Å². The average molecular weight is 294 g/mol. The molecular formula is C16H20ClNO2. The van der Waals surface area contributed by atoms with E-state index in [2.05, 4.69) is 11.9 Å². The summed E-state index contributed by atoms with van der Waals surface area (Å²) in [6.45, 7) is 5.60. The van der Waals surface area contributed by atoms with Crippen molar-refractivity contribution in [2.45, 2.75) is 31.1 Å². The summed E-state index contributed by atoms with van der Waals surface area (Å²) in [4.78, 5) is 11.4. The Bertz CT molecular complexity index is 495. The maximum atomic E-state index is 11.4. The van der Waals surface area contributed by atoms with Crippen LogP contribution in [-0.2, 0) is 4.79 Å². The molecule has 0 bridgehead atoms. The van der Waals surface area contributed by atoms with Crippen LogP contribution < -0.4 is 5.32 Å². The van der Waals surface area contributed by atoms with Crippen molar-refractivity contribution in [3.05, 3.63) is 47.0 Å². The third-order valence-electron chi connectivity index (χ3n) is 3.88. The minimum Gasteiger partial charge on any atom is -0.481 e. The van der Waals surface area contributed by atoms with Crippen LogP contribution in [0, 0.1) is 0 Å². The lowest BCUT2D eigenvalue weighted by molar-refractivity contribution is -0.138. The number of aliphatic carboxylic acids is 1. The van der Waals surface area contributed by atoms with Crippen LogP contribution in [0.15, 0.2) is 30.9 Å². The summed E-state index contributed by atoms with van der Waals surface area (Å²) in [5.74, 6) is -0.882. The second-order valence-corrected chi connectivity index (χ2v) is 5.63. The molecule has 3 nitrogen and oxygen atoms in total. The Morgan fingerprint density at radius 1 is 1.60 bits per heavy atom. The molecule has 0 saturated carbocycles. The fraction of sp³-hybridized carbons (Fsp3) is 0.438. The molecule has 2 N–H and O–H groups in total. The summed E-state index contributed by atoms with van der Waals surface area (Å²) in [5.41, 5.74) is 1.90. The van der Waals surface area contributed by atoms with Gasteiger partial charge in [-0.2, -0.15) is 0 Å². The Morgan fingerprint density at radius 2 is 2.40 bits per heavy atom. The zero-order chi connectivity index (χ0) is 14.5. The molecule has 1 aliphatic heterocycles. The van der Waals surface area contributed by atoms with E-state index in [9.17, 15) is 9.90 Å². The molecule has 4 heteroatoms. The highest BCUT2D eigenvalue weighted by molar-refractivity contribution is 6.31. The summed E-state index contributed by atoms with van der Waals surface area (Å²) in [5, 5.41) is 13.3. The molecule has 1 aliphatic rings. The third-order valence-corrected chi connectivity index (χ3v) is 4.21. The first-order valence-electron chi connectivity index (χ1n) is 6.97. The van der Waals surface area contributed by atoms with Gasteiger partial charge in [0.05, 0.1) is 5.92 Å². The molecule has 0 aromatic heterocycles. The molecule has 0 spiro atoms. The van der Waals surface area contributed by atoms with Crippen LogP contribution in [0.25, 0.3) is 0 Å². The Labute approximate surface area is 124 Å². The molecule has 2 rings (SSSR count). The normalized spacial score (nSPS) is 19.8. The zero-order valence-corrected chi connectivity index (χ0v) is 12.2. The van der Waals surface area contributed by atoms with Crippen LogP contribution in [0.2, 0.25) is 5.02 Å². The first kappa shape index (κ1) is 15.1. The average Bonchev–Trinajstić information content (AvgIpc) is 2.92. The second kappa shape index (κ2) is 6.91. The van der Waals surface area contributed by atoms with E-state index in [1.807, 2.05) is 18.2 Å². The third kappa shape index (κ3) is 3.41. The van der Waals surface area contributed by atoms with Crippen LogP contribution in [0.5, 0.6) is 0 Å². The van der Waals surface area contributed by atoms with Crippen LogP contribution in [0.3, 0.4) is 0 Å². The number of halogens is 1. The van der Waals surface area contributed by atoms with Crippen molar-refractivity contribution in [3.63, 3.8) is 0 Å². The lowest BCUT2D eigenvalue weighted by Crippen LogP contribution is -2.12. The van der Waals surface area contributed by atoms with Gasteiger partial charge in [-0.25, -0.2) is 0 Å². The van der Waals surface area contributed by atoms with E-state index < -0.39 is 11.9 Å². The van der Waals surface area contributed by atoms with Crippen LogP contribution in [0.1, 0.15) is 42.2 Å². The number of hydrogen-bond acceptors (Lipinski definition) is 2. The van der Waals surface area contributed by atoms with Gasteiger partial charge in [0.15, 0.2) is 0 Å². The highest BCUT2D eigenvalue weighted by Gasteiger charge is 2.23. The van der Waals surface area contributed by atoms with Crippen LogP contribution in [-0.4, -0.2) is 24.2 Å². The van der Waals surface area contributed by atoms with Gasteiger partial charge < -0.3 is 10.4 Å². The second-order valence-electron chi connectivity index (χ2n) is 5.23. The molecule has 2 unspecified atom stereocenters. The number of carbonyl (C=O) groups is 1. The van der Waals surface area contributed by atoms with Crippen molar-refractivity contribution in [2.24, 2.45) is 0 Å². The number of hydrogen-bond donors (Lipinski definition) is 2. The number of carboxylic acids is 1. The number of benzene rings is 1. The minimum atomic E-state index is -0.807. The SMILES string of the molecule is C=CCCC(C(=O)O)c1ccc(C2CCNC2)c(Cl)c1. The van der Waals surface area contributed by atoms with Crippen molar-refractivity contribution in [1.29, 1.82) is 0 Å². The molecule has 0 aliphatic carbocycles. The highest BCUT2D eigenvalue weighted by atomic mass is 35.5. The molecule has 1 saturated heterocycles. The van der Waals surface area contributed by atoms with Crippen molar-refractivity contribution in [3.8, 4) is 0 Å². The first-order valence-corrected chi connectivity index (χ1v) is 7.35. The topological polar surface area (TPSA) is 49.3 Å². The van der Waals surface area contributed by atoms with E-state index in [1.165, 1.54) is 0 Å². The largest absolute Gasteiger partial charge is 0.481 e. The number of nitrogens with one attached hydrogen (secondary N) is 1. The van der Waals surface area contributed by atoms with Crippen molar-refractivity contribution in [2.75, 3.05) is 13.1 Å². The van der Waals surface area contributed by atoms with E-state index in [1.54, 1.807) is 6.08 Å². The molecule has 2 atom stereocenters. The number of allylic oxidation sites excluding steroid dienone is 1. The van der Waals surface area contributed by atoms with E-state index in [-0.39, 0.29) is 0 Å². The fourth-order valence-electron chi connectivity index (χ4n) is 2.73. The molecule has 0 amide bonds. The van der Waals surface area contributed by atoms with E-state index in [0.717, 1.165) is 30.6 Å². The Morgan fingerprint density at radius 3 is 2.95 bits per heavy atom. The van der Waals surface area contributed by atoms with Crippen LogP contribution >= 0.6 is 11.6 Å². The van der Waals surface area contributed by atoms with Crippen molar-refractivity contribution < 1.29 is 9.90 Å². The van der Waals surface area contributed by atoms with Gasteiger partial charge in [0.2, 0.25) is 0 Å². The lowest BCUT2D eigenvalue weighted by atomic mass is 9.91. The Hall–Kier alpha value is -1.32. The van der Waals surface area contributed by atoms with Gasteiger partial charge in [0, 0.05) is 11.6 Å². The molecule has 1 aromatic rings. The number of rotatable bonds is 6. The maximum Gasteiger partial charge on any atom is 0.310 e. The van der Waals surface area contributed by atoms with E-state index in [0.29, 0.717) is 23.8 Å². The molecule has 0 radical (unpaired) electrons. The molecule has 1 fully saturated rings. The van der Waals surface area contributed by atoms with E-state index >= 15 is 0 Å². The standard InChI is InChI=1S/C16H20ClNO2/c1-2-3-4-14(16(19)20)11-5-6-13(15(17)9-11)12-7-8-18-10-12/h2,5-6,9,12,14,18H,1,3-4,7-8,10H2,(H,19,20). The van der Waals surface area contributed by atoms with Gasteiger partial charge in [-0.15, -0.1) is 6.58 Å². The summed E-state index contributed by atoms with van der Waals surface area (Å²) in [7, 11) is 0. The maximum absolute atomic E-state index is 11.4. The summed E-state index contributed by atoms with van der Waals surface area (Å²) in [6, 6.07) is 5.71. The van der Waals surface area contributed by atoms with Gasteiger partial charge in [-0.1, -0.05) is 29.8 Å². The molecule has 1 aromatic carbocycles. The van der Waals surface area contributed by atoms with Gasteiger partial charge in [-0.05, 0) is 48.9 Å². The first-order chi connectivity index (χ1) is 9.63. The molecular weight excluding hydrogens is 274 g/mol. The van der Waals surface area contributed by atoms with Crippen molar-refractivity contribution >= 4 is 17.6 Å². The minimum absolute atomic E-state index is 0.438. The lowest BCUT2D eigenvalue weighted by Gasteiger charge is -2.16. The van der Waals surface area contributed by atoms with Gasteiger partial charge in [0.25, 0.3) is 0 Å². The Balaban J connectivity index is 2.21. The summed E-state index contributed by atoms with van der Waals surface area (Å²) < 4.78 is 0. The molecule has 20 heavy (non-hydrogen) atoms. The zero-order valence-electron chi connectivity index (χ0n) is 11.4. The predicted molar refractivity (Wildman–Crippen MR) is 81.5 cm³/mol. The monoisotopic (exact) mass is 293 g/mol. The Kier molecular flexibility index (Phi) is 5.21. The number of carboxylic acid groups (broad SMARTS) is 1. The van der Waals surface area contributed by atoms with Crippen LogP contribution in [0.4, 0.5) is 0 Å². The molecule has 108 valence electrons. The molecule has 1 heterocycles.